The summed E-state index contributed by atoms with van der Waals surface area (Å²) in [5.41, 5.74) is 3.90. The first-order chi connectivity index (χ1) is 13.6. The van der Waals surface area contributed by atoms with Gasteiger partial charge in [0.25, 0.3) is 0 Å². The zero-order valence-electron chi connectivity index (χ0n) is 18.4. The van der Waals surface area contributed by atoms with E-state index >= 15 is 0 Å². The van der Waals surface area contributed by atoms with Crippen LogP contribution >= 0.6 is 0 Å². The van der Waals surface area contributed by atoms with E-state index in [1.54, 1.807) is 0 Å². The Morgan fingerprint density at radius 3 is 2.43 bits per heavy atom. The number of hydrogen-bond donors (Lipinski definition) is 0. The quantitative estimate of drug-likeness (QED) is 0.458. The van der Waals surface area contributed by atoms with E-state index in [4.69, 9.17) is 0 Å². The van der Waals surface area contributed by atoms with Crippen molar-refractivity contribution in [1.82, 2.24) is 4.90 Å². The summed E-state index contributed by atoms with van der Waals surface area (Å²) in [5, 5.41) is 0. The van der Waals surface area contributed by atoms with Gasteiger partial charge in [0.15, 0.2) is 0 Å². The molecule has 2 heterocycles. The fourth-order valence-corrected chi connectivity index (χ4v) is 5.11. The third-order valence-corrected chi connectivity index (χ3v) is 6.72. The van der Waals surface area contributed by atoms with Crippen LogP contribution in [0.4, 0.5) is 5.69 Å². The number of amides is 1. The summed E-state index contributed by atoms with van der Waals surface area (Å²) >= 11 is 0. The highest BCUT2D eigenvalue weighted by atomic mass is 16.2. The molecule has 28 heavy (non-hydrogen) atoms. The number of carbonyl (C=O) groups is 1. The normalized spacial score (nSPS) is 21.6. The zero-order chi connectivity index (χ0) is 19.9. The van der Waals surface area contributed by atoms with E-state index in [9.17, 15) is 4.79 Å². The lowest BCUT2D eigenvalue weighted by atomic mass is 9.89. The number of unbranched alkanes of at least 4 members (excludes halogenated alkanes) is 8. The topological polar surface area (TPSA) is 23.6 Å². The number of nitrogens with zero attached hydrogens (tertiary/aromatic N) is 2. The molecule has 0 aliphatic carbocycles. The zero-order valence-corrected chi connectivity index (χ0v) is 18.4. The van der Waals surface area contributed by atoms with Gasteiger partial charge in [0.1, 0.15) is 0 Å². The average Bonchev–Trinajstić information content (AvgIpc) is 2.99. The van der Waals surface area contributed by atoms with Crippen molar-refractivity contribution >= 4 is 11.6 Å². The molecule has 1 fully saturated rings. The predicted molar refractivity (Wildman–Crippen MR) is 119 cm³/mol. The molecule has 156 valence electrons. The van der Waals surface area contributed by atoms with Gasteiger partial charge in [0.05, 0.1) is 0 Å². The second-order valence-electron chi connectivity index (χ2n) is 9.13. The maximum atomic E-state index is 13.1. The first-order valence-corrected chi connectivity index (χ1v) is 11.7. The number of rotatable bonds is 10. The monoisotopic (exact) mass is 384 g/mol. The summed E-state index contributed by atoms with van der Waals surface area (Å²) in [7, 11) is 2.21. The van der Waals surface area contributed by atoms with Gasteiger partial charge in [-0.3, -0.25) is 4.79 Å². The summed E-state index contributed by atoms with van der Waals surface area (Å²) < 4.78 is 0. The third kappa shape index (κ3) is 5.17. The van der Waals surface area contributed by atoms with Crippen LogP contribution < -0.4 is 4.90 Å². The highest BCUT2D eigenvalue weighted by Crippen LogP contribution is 2.45. The van der Waals surface area contributed by atoms with Crippen molar-refractivity contribution < 1.29 is 4.79 Å². The molecule has 0 aromatic heterocycles. The van der Waals surface area contributed by atoms with E-state index in [0.29, 0.717) is 24.3 Å². The van der Waals surface area contributed by atoms with Crippen LogP contribution in [0.3, 0.4) is 0 Å². The van der Waals surface area contributed by atoms with E-state index in [0.717, 1.165) is 25.9 Å². The number of benzene rings is 1. The Balaban J connectivity index is 1.49. The average molecular weight is 385 g/mol. The van der Waals surface area contributed by atoms with Crippen LogP contribution in [0, 0.1) is 6.92 Å². The van der Waals surface area contributed by atoms with Crippen LogP contribution in [-0.2, 0) is 4.79 Å². The van der Waals surface area contributed by atoms with E-state index in [1.165, 1.54) is 68.2 Å². The van der Waals surface area contributed by atoms with E-state index < -0.39 is 0 Å². The Kier molecular flexibility index (Phi) is 7.96. The minimum atomic E-state index is 0.352. The summed E-state index contributed by atoms with van der Waals surface area (Å²) in [6, 6.07) is 7.05. The number of hydrogen-bond acceptors (Lipinski definition) is 2. The van der Waals surface area contributed by atoms with Crippen molar-refractivity contribution in [2.24, 2.45) is 0 Å². The predicted octanol–water partition coefficient (Wildman–Crippen LogP) is 6.05. The SMILES string of the molecule is CCCCCCCCCCCC(=O)N1c2ccc(C)cc2[C@H]2CN(C)CC[C@H]21. The van der Waals surface area contributed by atoms with Gasteiger partial charge in [-0.2, -0.15) is 0 Å². The fourth-order valence-electron chi connectivity index (χ4n) is 5.11. The van der Waals surface area contributed by atoms with Gasteiger partial charge < -0.3 is 9.80 Å². The summed E-state index contributed by atoms with van der Waals surface area (Å²) in [4.78, 5) is 17.7. The minimum Gasteiger partial charge on any atom is -0.308 e. The molecule has 0 unspecified atom stereocenters. The summed E-state index contributed by atoms with van der Waals surface area (Å²) in [6.45, 7) is 6.60. The van der Waals surface area contributed by atoms with Crippen molar-refractivity contribution in [2.75, 3.05) is 25.0 Å². The van der Waals surface area contributed by atoms with Gasteiger partial charge in [-0.05, 0) is 45.0 Å². The number of likely N-dealkylation sites (N-methyl/N-ethyl adjacent to an activating group) is 1. The molecule has 1 amide bonds. The van der Waals surface area contributed by atoms with E-state index in [-0.39, 0.29) is 0 Å². The molecule has 0 N–H and O–H groups in total. The lowest BCUT2D eigenvalue weighted by molar-refractivity contribution is -0.119. The Morgan fingerprint density at radius 1 is 1.04 bits per heavy atom. The lowest BCUT2D eigenvalue weighted by Crippen LogP contribution is -2.47. The Bertz CT molecular complexity index is 641. The summed E-state index contributed by atoms with van der Waals surface area (Å²) in [5.74, 6) is 0.839. The van der Waals surface area contributed by atoms with Crippen LogP contribution in [0.15, 0.2) is 18.2 Å². The molecule has 2 atom stereocenters. The van der Waals surface area contributed by atoms with Crippen molar-refractivity contribution in [2.45, 2.75) is 96.4 Å². The fraction of sp³-hybridized carbons (Fsp3) is 0.720. The van der Waals surface area contributed by atoms with Crippen LogP contribution in [-0.4, -0.2) is 37.0 Å². The third-order valence-electron chi connectivity index (χ3n) is 6.72. The van der Waals surface area contributed by atoms with Crippen LogP contribution in [0.5, 0.6) is 0 Å². The number of fused-ring (bicyclic) bond motifs is 3. The summed E-state index contributed by atoms with van der Waals surface area (Å²) in [6.07, 6.45) is 13.5. The Labute approximate surface area is 172 Å². The molecule has 2 aliphatic rings. The van der Waals surface area contributed by atoms with Crippen LogP contribution in [0.1, 0.15) is 94.6 Å². The molecule has 0 spiro atoms. The lowest BCUT2D eigenvalue weighted by Gasteiger charge is -2.36. The van der Waals surface area contributed by atoms with Gasteiger partial charge in [-0.15, -0.1) is 0 Å². The van der Waals surface area contributed by atoms with E-state index in [1.807, 2.05) is 0 Å². The van der Waals surface area contributed by atoms with Crippen LogP contribution in [0.2, 0.25) is 0 Å². The molecule has 2 aliphatic heterocycles. The molecule has 3 heteroatoms. The van der Waals surface area contributed by atoms with Gasteiger partial charge in [-0.1, -0.05) is 76.0 Å². The number of piperidine rings is 1. The first kappa shape index (κ1) is 21.4. The highest BCUT2D eigenvalue weighted by molar-refractivity contribution is 5.96. The maximum Gasteiger partial charge on any atom is 0.227 e. The second kappa shape index (κ2) is 10.4. The molecule has 0 radical (unpaired) electrons. The molecule has 1 aromatic carbocycles. The molecular formula is C25H40N2O. The molecular weight excluding hydrogens is 344 g/mol. The Hall–Kier alpha value is -1.35. The minimum absolute atomic E-state index is 0.352. The Morgan fingerprint density at radius 2 is 1.71 bits per heavy atom. The molecule has 3 nitrogen and oxygen atoms in total. The van der Waals surface area contributed by atoms with Gasteiger partial charge >= 0.3 is 0 Å². The molecule has 1 aromatic rings. The number of carbonyl (C=O) groups excluding carboxylic acids is 1. The molecule has 3 rings (SSSR count). The molecule has 1 saturated heterocycles. The molecule has 0 bridgehead atoms. The largest absolute Gasteiger partial charge is 0.308 e. The first-order valence-electron chi connectivity index (χ1n) is 11.7. The second-order valence-corrected chi connectivity index (χ2v) is 9.13. The smallest absolute Gasteiger partial charge is 0.227 e. The maximum absolute atomic E-state index is 13.1. The molecule has 0 saturated carbocycles. The van der Waals surface area contributed by atoms with E-state index in [2.05, 4.69) is 48.9 Å². The standard InChI is InChI=1S/C25H40N2O/c1-4-5-6-7-8-9-10-11-12-13-25(28)27-23-15-14-20(2)18-21(23)22-19-26(3)17-16-24(22)27/h14-15,18,22,24H,4-13,16-17,19H2,1-3H3/t22-,24-/m1/s1. The van der Waals surface area contributed by atoms with Crippen molar-refractivity contribution in [1.29, 1.82) is 0 Å². The van der Waals surface area contributed by atoms with Crippen molar-refractivity contribution in [3.8, 4) is 0 Å². The van der Waals surface area contributed by atoms with Gasteiger partial charge in [0.2, 0.25) is 5.91 Å². The van der Waals surface area contributed by atoms with Crippen LogP contribution in [0.25, 0.3) is 0 Å². The number of aryl methyl sites for hydroxylation is 1. The van der Waals surface area contributed by atoms with Gasteiger partial charge in [0, 0.05) is 30.6 Å². The van der Waals surface area contributed by atoms with Gasteiger partial charge in [-0.25, -0.2) is 0 Å². The number of anilines is 1. The van der Waals surface area contributed by atoms with Crippen molar-refractivity contribution in [3.05, 3.63) is 29.3 Å². The number of likely N-dealkylation sites (tertiary alicyclic amines) is 1. The van der Waals surface area contributed by atoms with Crippen molar-refractivity contribution in [3.63, 3.8) is 0 Å². The highest BCUT2D eigenvalue weighted by Gasteiger charge is 2.43.